The number of amides is 2. The van der Waals surface area contributed by atoms with Crippen molar-refractivity contribution in [3.8, 4) is 0 Å². The summed E-state index contributed by atoms with van der Waals surface area (Å²) in [6.07, 6.45) is 20.4. The van der Waals surface area contributed by atoms with Gasteiger partial charge in [0.2, 0.25) is 11.8 Å². The number of unbranched alkanes of at least 4 members (excludes halogenated alkanes) is 15. The van der Waals surface area contributed by atoms with Gasteiger partial charge in [0.05, 0.1) is 5.75 Å². The van der Waals surface area contributed by atoms with E-state index in [2.05, 4.69) is 6.92 Å². The van der Waals surface area contributed by atoms with E-state index in [1.54, 1.807) is 0 Å². The monoisotopic (exact) mass is 498 g/mol. The Labute approximate surface area is 244 Å². The third-order valence-electron chi connectivity index (χ3n) is 4.87. The summed E-state index contributed by atoms with van der Waals surface area (Å²) >= 11 is 0. The summed E-state index contributed by atoms with van der Waals surface area (Å²) in [5, 5.41) is 0. The summed E-state index contributed by atoms with van der Waals surface area (Å²) in [6, 6.07) is 0. The summed E-state index contributed by atoms with van der Waals surface area (Å²) in [4.78, 5) is 19.8. The molecule has 0 aromatic rings. The quantitative estimate of drug-likeness (QED) is 0.113. The Kier molecular flexibility index (Phi) is 37.4. The van der Waals surface area contributed by atoms with Crippen molar-refractivity contribution in [2.24, 2.45) is 11.5 Å². The van der Waals surface area contributed by atoms with Crippen molar-refractivity contribution in [2.45, 2.75) is 122 Å². The first-order valence-corrected chi connectivity index (χ1v) is 13.3. The molecule has 32 heavy (non-hydrogen) atoms. The van der Waals surface area contributed by atoms with Crippen molar-refractivity contribution in [1.82, 2.24) is 0 Å². The van der Waals surface area contributed by atoms with Crippen molar-refractivity contribution >= 4 is 21.9 Å². The molecular weight excluding hydrogens is 450 g/mol. The van der Waals surface area contributed by atoms with Crippen LogP contribution in [0.15, 0.2) is 0 Å². The van der Waals surface area contributed by atoms with E-state index in [0.717, 1.165) is 12.8 Å². The second-order valence-corrected chi connectivity index (χ2v) is 9.59. The van der Waals surface area contributed by atoms with Crippen molar-refractivity contribution in [3.63, 3.8) is 0 Å². The third-order valence-corrected chi connectivity index (χ3v) is 5.68. The van der Waals surface area contributed by atoms with Crippen molar-refractivity contribution in [2.75, 3.05) is 5.75 Å². The zero-order chi connectivity index (χ0) is 23.1. The Balaban J connectivity index is -0.000000141. The van der Waals surface area contributed by atoms with Crippen LogP contribution in [0.1, 0.15) is 125 Å². The fourth-order valence-corrected chi connectivity index (χ4v) is 3.65. The van der Waals surface area contributed by atoms with Crippen LogP contribution in [0.5, 0.6) is 0 Å². The van der Waals surface area contributed by atoms with Crippen LogP contribution in [0, 0.1) is 0 Å². The number of hydrogen-bond donors (Lipinski definition) is 3. The van der Waals surface area contributed by atoms with Crippen molar-refractivity contribution in [3.05, 3.63) is 0 Å². The average molecular weight is 499 g/mol. The predicted molar refractivity (Wildman–Crippen MR) is 126 cm³/mol. The first-order chi connectivity index (χ1) is 14.2. The molecule has 0 aliphatic carbocycles. The van der Waals surface area contributed by atoms with E-state index in [1.807, 2.05) is 0 Å². The minimum absolute atomic E-state index is 0. The topological polar surface area (TPSA) is 141 Å². The van der Waals surface area contributed by atoms with Crippen LogP contribution in [0.3, 0.4) is 0 Å². The van der Waals surface area contributed by atoms with Gasteiger partial charge < -0.3 is 14.3 Å². The van der Waals surface area contributed by atoms with Crippen LogP contribution < -0.4 is 70.6 Å². The van der Waals surface area contributed by atoms with Gasteiger partial charge in [-0.2, -0.15) is 8.42 Å². The zero-order valence-corrected chi connectivity index (χ0v) is 25.9. The van der Waals surface area contributed by atoms with Gasteiger partial charge >= 0.3 is 59.1 Å². The van der Waals surface area contributed by atoms with Gasteiger partial charge in [0, 0.05) is 12.8 Å². The van der Waals surface area contributed by atoms with E-state index in [-0.39, 0.29) is 80.6 Å². The summed E-state index contributed by atoms with van der Waals surface area (Å²) in [5.41, 5.74) is 9.39. The van der Waals surface area contributed by atoms with Gasteiger partial charge in [-0.15, -0.1) is 0 Å². The molecule has 0 radical (unpaired) electrons. The minimum atomic E-state index is -3.74. The van der Waals surface area contributed by atoms with Crippen LogP contribution in [0.25, 0.3) is 0 Å². The van der Waals surface area contributed by atoms with Gasteiger partial charge in [0.15, 0.2) is 0 Å². The number of carbonyl (C=O) groups is 2. The summed E-state index contributed by atoms with van der Waals surface area (Å²) in [6.45, 7) is 2.26. The molecule has 0 heterocycles. The molecule has 0 spiro atoms. The summed E-state index contributed by atoms with van der Waals surface area (Å²) in [7, 11) is -3.74. The van der Waals surface area contributed by atoms with Gasteiger partial charge in [-0.1, -0.05) is 103 Å². The Hall–Kier alpha value is 0.850. The number of hydrogen-bond acceptors (Lipinski definition) is 4. The van der Waals surface area contributed by atoms with Crippen LogP contribution in [0.2, 0.25) is 0 Å². The number of nitrogens with two attached hydrogens (primary N) is 2. The molecule has 0 atom stereocenters. The average Bonchev–Trinajstić information content (AvgIpc) is 2.65. The number of rotatable bonds is 20. The Morgan fingerprint density at radius 3 is 1.09 bits per heavy atom. The first-order valence-electron chi connectivity index (χ1n) is 11.7. The molecule has 0 aromatic heterocycles. The molecule has 0 aliphatic rings. The maximum atomic E-state index is 10.5. The van der Waals surface area contributed by atoms with Crippen LogP contribution in [-0.4, -0.2) is 30.5 Å². The Bertz CT molecular complexity index is 517. The number of carbonyl (C=O) groups excluding carboxylic acids is 2. The molecule has 7 nitrogen and oxygen atoms in total. The van der Waals surface area contributed by atoms with E-state index in [4.69, 9.17) is 16.0 Å². The molecule has 0 unspecified atom stereocenters. The maximum absolute atomic E-state index is 10.5. The SMILES string of the molecule is CCCCCCCCCCCCCCCCCCS(=O)(=O)O.NC(=O)CCC(N)=O.[H-].[H-].[Na+].[Na+]. The van der Waals surface area contributed by atoms with Gasteiger partial charge in [-0.05, 0) is 6.42 Å². The fourth-order valence-electron chi connectivity index (χ4n) is 3.08. The van der Waals surface area contributed by atoms with Gasteiger partial charge in [0.25, 0.3) is 10.1 Å². The molecule has 0 aromatic carbocycles. The van der Waals surface area contributed by atoms with E-state index < -0.39 is 21.9 Å². The van der Waals surface area contributed by atoms with E-state index in [0.29, 0.717) is 6.42 Å². The van der Waals surface area contributed by atoms with Gasteiger partial charge in [0.1, 0.15) is 0 Å². The molecule has 0 saturated carbocycles. The molecule has 0 saturated heterocycles. The van der Waals surface area contributed by atoms with Crippen LogP contribution in [0.4, 0.5) is 0 Å². The normalized spacial score (nSPS) is 10.3. The van der Waals surface area contributed by atoms with Crippen LogP contribution in [-0.2, 0) is 19.7 Å². The maximum Gasteiger partial charge on any atom is 1.00 e. The molecule has 184 valence electrons. The van der Waals surface area contributed by atoms with Crippen molar-refractivity contribution < 1.29 is 84.5 Å². The Morgan fingerprint density at radius 2 is 0.875 bits per heavy atom. The van der Waals surface area contributed by atoms with Crippen LogP contribution >= 0.6 is 0 Å². The minimum Gasteiger partial charge on any atom is -1.00 e. The van der Waals surface area contributed by atoms with E-state index in [1.165, 1.54) is 83.5 Å². The summed E-state index contributed by atoms with van der Waals surface area (Å²) < 4.78 is 29.7. The molecule has 2 amide bonds. The van der Waals surface area contributed by atoms with E-state index >= 15 is 0 Å². The fraction of sp³-hybridized carbons (Fsp3) is 0.909. The first kappa shape index (κ1) is 40.0. The summed E-state index contributed by atoms with van der Waals surface area (Å²) in [5.74, 6) is -1.07. The molecule has 0 fully saturated rings. The predicted octanol–water partition coefficient (Wildman–Crippen LogP) is -0.894. The van der Waals surface area contributed by atoms with Crippen molar-refractivity contribution in [1.29, 1.82) is 0 Å². The number of primary amides is 2. The second-order valence-electron chi connectivity index (χ2n) is 8.02. The molecule has 0 aliphatic heterocycles. The smallest absolute Gasteiger partial charge is 1.00 e. The molecule has 0 rings (SSSR count). The Morgan fingerprint density at radius 1 is 0.625 bits per heavy atom. The molecule has 0 bridgehead atoms. The third kappa shape index (κ3) is 44.5. The molecule has 5 N–H and O–H groups in total. The van der Waals surface area contributed by atoms with Gasteiger partial charge in [-0.25, -0.2) is 0 Å². The zero-order valence-electron chi connectivity index (χ0n) is 23.1. The second kappa shape index (κ2) is 29.9. The molecular formula is C22H48N2Na2O5S. The standard InChI is InChI=1S/C18H38O3S.C4H8N2O2.2Na.2H/c1-2-3-4-5-6-7-8-9-10-11-12-13-14-15-16-17-18-22(19,20)21;5-3(7)1-2-4(6)8;;;;/h2-18H2,1H3,(H,19,20,21);1-2H2,(H2,5,7)(H2,6,8);;;;/q;;2*+1;2*-1. The van der Waals surface area contributed by atoms with Gasteiger partial charge in [-0.3, -0.25) is 14.1 Å². The molecule has 10 heteroatoms. The largest absolute Gasteiger partial charge is 1.00 e. The van der Waals surface area contributed by atoms with E-state index in [9.17, 15) is 18.0 Å².